The molecule has 0 amide bonds. The molecule has 0 bridgehead atoms. The van der Waals surface area contributed by atoms with Gasteiger partial charge in [-0.15, -0.1) is 0 Å². The minimum absolute atomic E-state index is 0.454. The van der Waals surface area contributed by atoms with E-state index in [-0.39, 0.29) is 0 Å². The van der Waals surface area contributed by atoms with E-state index in [0.717, 1.165) is 0 Å². The zero-order valence-corrected chi connectivity index (χ0v) is 41.6. The van der Waals surface area contributed by atoms with E-state index < -0.39 is 10.8 Å². The smallest absolute Gasteiger partial charge is 0.0622 e. The highest BCUT2D eigenvalue weighted by molar-refractivity contribution is 6.22. The molecule has 0 fully saturated rings. The summed E-state index contributed by atoms with van der Waals surface area (Å²) in [4.78, 5) is 0. The molecule has 0 aromatic heterocycles. The van der Waals surface area contributed by atoms with Crippen LogP contribution < -0.4 is 0 Å². The average molecular weight is 959 g/mol. The highest BCUT2D eigenvalue weighted by atomic mass is 14.5. The largest absolute Gasteiger partial charge is 0.0725 e. The van der Waals surface area contributed by atoms with Gasteiger partial charge in [0.1, 0.15) is 0 Å². The van der Waals surface area contributed by atoms with E-state index in [1.807, 2.05) is 0 Å². The molecule has 0 N–H and O–H groups in total. The van der Waals surface area contributed by atoms with E-state index in [0.29, 0.717) is 0 Å². The third-order valence-corrected chi connectivity index (χ3v) is 17.9. The molecule has 0 unspecified atom stereocenters. The summed E-state index contributed by atoms with van der Waals surface area (Å²) in [7, 11) is 0. The Labute approximate surface area is 442 Å². The second kappa shape index (κ2) is 15.5. The first-order valence-electron chi connectivity index (χ1n) is 26.7. The van der Waals surface area contributed by atoms with Crippen molar-refractivity contribution in [2.24, 2.45) is 0 Å². The molecule has 2 spiro atoms. The maximum Gasteiger partial charge on any atom is 0.0725 e. The molecule has 0 atom stereocenters. The van der Waals surface area contributed by atoms with Crippen LogP contribution in [0.2, 0.25) is 0 Å². The summed E-state index contributed by atoms with van der Waals surface area (Å²) in [6.45, 7) is 0. The molecule has 13 aromatic rings. The lowest BCUT2D eigenvalue weighted by Crippen LogP contribution is -2.25. The lowest BCUT2D eigenvalue weighted by atomic mass is 9.70. The molecule has 0 aliphatic heterocycles. The molecule has 0 nitrogen and oxygen atoms in total. The maximum atomic E-state index is 2.57. The summed E-state index contributed by atoms with van der Waals surface area (Å²) >= 11 is 0. The van der Waals surface area contributed by atoms with Crippen molar-refractivity contribution in [3.63, 3.8) is 0 Å². The van der Waals surface area contributed by atoms with E-state index in [1.165, 1.54) is 155 Å². The molecule has 0 heterocycles. The summed E-state index contributed by atoms with van der Waals surface area (Å²) in [5.74, 6) is 0. The van der Waals surface area contributed by atoms with Crippen LogP contribution in [0.15, 0.2) is 279 Å². The molecule has 4 aliphatic carbocycles. The fraction of sp³-hybridized carbons (Fsp3) is 0.0263. The molecule has 4 aliphatic rings. The molecule has 76 heavy (non-hydrogen) atoms. The SMILES string of the molecule is c1ccc(-c2ccccc2-c2ccc3c(-c4ccc5c(c4)C4(c6ccccc6-c6ccccc64)c4ccccc4-5)c4ccccc4c(-c4ccc5c(c4)C4(c6ccccc6-c6ccccc64)c4ccccc4-5)c3c2)cc1. The van der Waals surface area contributed by atoms with Crippen LogP contribution in [0.5, 0.6) is 0 Å². The Morgan fingerprint density at radius 1 is 0.158 bits per heavy atom. The van der Waals surface area contributed by atoms with E-state index in [9.17, 15) is 0 Å². The number of benzene rings is 13. The first-order valence-corrected chi connectivity index (χ1v) is 26.7. The molecule has 0 saturated heterocycles. The van der Waals surface area contributed by atoms with Gasteiger partial charge in [0.15, 0.2) is 0 Å². The average Bonchev–Trinajstić information content (AvgIpc) is 4.38. The minimum Gasteiger partial charge on any atom is -0.0622 e. The predicted molar refractivity (Wildman–Crippen MR) is 316 cm³/mol. The van der Waals surface area contributed by atoms with Crippen LogP contribution in [0.25, 0.3) is 111 Å². The van der Waals surface area contributed by atoms with Crippen molar-refractivity contribution in [2.45, 2.75) is 10.8 Å². The van der Waals surface area contributed by atoms with Gasteiger partial charge in [0.25, 0.3) is 0 Å². The van der Waals surface area contributed by atoms with Crippen LogP contribution >= 0.6 is 0 Å². The number of hydrogen-bond acceptors (Lipinski definition) is 0. The Balaban J connectivity index is 0.968. The predicted octanol–water partition coefficient (Wildman–Crippen LogP) is 19.3. The highest BCUT2D eigenvalue weighted by Crippen LogP contribution is 2.65. The topological polar surface area (TPSA) is 0 Å². The van der Waals surface area contributed by atoms with E-state index in [4.69, 9.17) is 0 Å². The molecule has 0 heteroatoms. The lowest BCUT2D eigenvalue weighted by Gasteiger charge is -2.31. The van der Waals surface area contributed by atoms with Crippen molar-refractivity contribution in [3.8, 4) is 89.0 Å². The number of hydrogen-bond donors (Lipinski definition) is 0. The Kier molecular flexibility index (Phi) is 8.51. The van der Waals surface area contributed by atoms with Gasteiger partial charge in [-0.1, -0.05) is 261 Å². The fourth-order valence-electron chi connectivity index (χ4n) is 15.1. The lowest BCUT2D eigenvalue weighted by molar-refractivity contribution is 0.794. The second-order valence-electron chi connectivity index (χ2n) is 21.3. The summed E-state index contributed by atoms with van der Waals surface area (Å²) in [5, 5.41) is 4.96. The Hall–Kier alpha value is -9.62. The van der Waals surface area contributed by atoms with Crippen LogP contribution in [-0.2, 0) is 10.8 Å². The molecule has 350 valence electrons. The second-order valence-corrected chi connectivity index (χ2v) is 21.3. The summed E-state index contributed by atoms with van der Waals surface area (Å²) in [6.07, 6.45) is 0. The first-order chi connectivity index (χ1) is 37.7. The third-order valence-electron chi connectivity index (χ3n) is 17.9. The van der Waals surface area contributed by atoms with Crippen LogP contribution in [0.1, 0.15) is 44.5 Å². The van der Waals surface area contributed by atoms with Gasteiger partial charge < -0.3 is 0 Å². The van der Waals surface area contributed by atoms with Crippen LogP contribution in [0.4, 0.5) is 0 Å². The van der Waals surface area contributed by atoms with Crippen LogP contribution in [0.3, 0.4) is 0 Å². The van der Waals surface area contributed by atoms with E-state index in [1.54, 1.807) is 0 Å². The van der Waals surface area contributed by atoms with Crippen LogP contribution in [-0.4, -0.2) is 0 Å². The van der Waals surface area contributed by atoms with Crippen molar-refractivity contribution >= 4 is 21.5 Å². The van der Waals surface area contributed by atoms with Gasteiger partial charge in [-0.3, -0.25) is 0 Å². The van der Waals surface area contributed by atoms with Crippen molar-refractivity contribution in [3.05, 3.63) is 324 Å². The summed E-state index contributed by atoms with van der Waals surface area (Å²) < 4.78 is 0. The summed E-state index contributed by atoms with van der Waals surface area (Å²) in [5.41, 5.74) is 30.2. The molecule has 0 radical (unpaired) electrons. The van der Waals surface area contributed by atoms with Crippen LogP contribution in [0, 0.1) is 0 Å². The highest BCUT2D eigenvalue weighted by Gasteiger charge is 2.53. The standard InChI is InChI=1S/C76H46/c1-2-20-47(21-3-1)51-22-4-5-23-52(51)48-38-43-63-64(44-48)74(50-40-42-60-58-29-13-19-37-70(58)76(72(60)46-50)67-34-16-10-26-55(67)56-27-11-17-35-68(56)76)62-31-7-6-30-61(62)73(63)49-39-41-59-57-28-12-18-36-69(57)75(71(59)45-49)65-32-14-8-24-53(65)54-25-9-15-33-66(54)75/h1-46H. The molecular weight excluding hydrogens is 913 g/mol. The molecule has 0 saturated carbocycles. The Morgan fingerprint density at radius 3 is 0.855 bits per heavy atom. The monoisotopic (exact) mass is 958 g/mol. The van der Waals surface area contributed by atoms with Gasteiger partial charge >= 0.3 is 0 Å². The van der Waals surface area contributed by atoms with Crippen molar-refractivity contribution < 1.29 is 0 Å². The molecule has 13 aromatic carbocycles. The Morgan fingerprint density at radius 2 is 0.447 bits per heavy atom. The van der Waals surface area contributed by atoms with Gasteiger partial charge in [-0.2, -0.15) is 0 Å². The number of rotatable bonds is 4. The normalized spacial score (nSPS) is 14.0. The zero-order chi connectivity index (χ0) is 49.7. The minimum atomic E-state index is -0.462. The van der Waals surface area contributed by atoms with Gasteiger partial charge in [-0.05, 0) is 173 Å². The fourth-order valence-corrected chi connectivity index (χ4v) is 15.1. The zero-order valence-electron chi connectivity index (χ0n) is 41.6. The Bertz CT molecular complexity index is 4520. The van der Waals surface area contributed by atoms with Gasteiger partial charge in [0.2, 0.25) is 0 Å². The van der Waals surface area contributed by atoms with Crippen molar-refractivity contribution in [1.29, 1.82) is 0 Å². The van der Waals surface area contributed by atoms with Gasteiger partial charge in [-0.25, -0.2) is 0 Å². The van der Waals surface area contributed by atoms with Gasteiger partial charge in [0.05, 0.1) is 10.8 Å². The third kappa shape index (κ3) is 5.28. The number of fused-ring (bicyclic) bond motifs is 22. The van der Waals surface area contributed by atoms with Crippen molar-refractivity contribution in [1.82, 2.24) is 0 Å². The van der Waals surface area contributed by atoms with E-state index >= 15 is 0 Å². The van der Waals surface area contributed by atoms with Crippen molar-refractivity contribution in [2.75, 3.05) is 0 Å². The van der Waals surface area contributed by atoms with E-state index in [2.05, 4.69) is 279 Å². The first kappa shape index (κ1) is 41.8. The molecular formula is C76H46. The van der Waals surface area contributed by atoms with Gasteiger partial charge in [0, 0.05) is 0 Å². The quantitative estimate of drug-likeness (QED) is 0.154. The molecule has 17 rings (SSSR count). The summed E-state index contributed by atoms with van der Waals surface area (Å²) in [6, 6.07) is 106. The maximum absolute atomic E-state index is 2.57.